The van der Waals surface area contributed by atoms with Gasteiger partial charge in [-0.3, -0.25) is 9.59 Å². The molecule has 2 N–H and O–H groups in total. The Morgan fingerprint density at radius 3 is 2.00 bits per heavy atom. The summed E-state index contributed by atoms with van der Waals surface area (Å²) in [6, 6.07) is 17.1. The highest BCUT2D eigenvalue weighted by Gasteiger charge is 2.26. The molecule has 2 atom stereocenters. The molecular formula is C22H26N2O4. The second-order valence-corrected chi connectivity index (χ2v) is 6.87. The van der Waals surface area contributed by atoms with Gasteiger partial charge in [0.2, 0.25) is 0 Å². The topological polar surface area (TPSA) is 84.5 Å². The van der Waals surface area contributed by atoms with Gasteiger partial charge in [0.25, 0.3) is 11.8 Å². The van der Waals surface area contributed by atoms with Crippen molar-refractivity contribution in [1.82, 2.24) is 10.6 Å². The molecule has 0 saturated heterocycles. The van der Waals surface area contributed by atoms with Crippen molar-refractivity contribution >= 4 is 17.8 Å². The zero-order valence-electron chi connectivity index (χ0n) is 16.3. The van der Waals surface area contributed by atoms with Crippen molar-refractivity contribution in [3.05, 3.63) is 71.8 Å². The Morgan fingerprint density at radius 1 is 0.857 bits per heavy atom. The van der Waals surface area contributed by atoms with E-state index in [1.807, 2.05) is 37.3 Å². The summed E-state index contributed by atoms with van der Waals surface area (Å²) in [5, 5.41) is 5.46. The molecule has 2 amide bonds. The maximum Gasteiger partial charge on any atom is 0.329 e. The van der Waals surface area contributed by atoms with Crippen LogP contribution in [-0.2, 0) is 14.3 Å². The Kier molecular flexibility index (Phi) is 7.75. The first-order chi connectivity index (χ1) is 13.4. The second-order valence-electron chi connectivity index (χ2n) is 6.87. The van der Waals surface area contributed by atoms with Crippen LogP contribution in [0.4, 0.5) is 0 Å². The third-order valence-corrected chi connectivity index (χ3v) is 4.27. The smallest absolute Gasteiger partial charge is 0.329 e. The molecule has 0 aromatic heterocycles. The quantitative estimate of drug-likeness (QED) is 0.688. The van der Waals surface area contributed by atoms with Crippen LogP contribution in [0.1, 0.15) is 42.7 Å². The number of carbonyl (C=O) groups is 3. The van der Waals surface area contributed by atoms with Gasteiger partial charge < -0.3 is 15.4 Å². The van der Waals surface area contributed by atoms with E-state index in [1.54, 1.807) is 44.2 Å². The van der Waals surface area contributed by atoms with E-state index in [0.717, 1.165) is 5.56 Å². The van der Waals surface area contributed by atoms with Gasteiger partial charge in [-0.25, -0.2) is 4.79 Å². The van der Waals surface area contributed by atoms with E-state index in [1.165, 1.54) is 0 Å². The largest absolute Gasteiger partial charge is 0.454 e. The number of amides is 2. The van der Waals surface area contributed by atoms with Crippen molar-refractivity contribution in [1.29, 1.82) is 0 Å². The SMILES string of the molecule is CC(C)[C@@H](NC(=O)c1ccccc1)C(=O)OCC(=O)N[C@H](C)c1ccccc1. The van der Waals surface area contributed by atoms with Crippen molar-refractivity contribution in [2.24, 2.45) is 5.92 Å². The molecule has 2 aromatic rings. The highest BCUT2D eigenvalue weighted by atomic mass is 16.5. The molecule has 0 aliphatic carbocycles. The molecule has 6 nitrogen and oxygen atoms in total. The summed E-state index contributed by atoms with van der Waals surface area (Å²) >= 11 is 0. The summed E-state index contributed by atoms with van der Waals surface area (Å²) in [7, 11) is 0. The summed E-state index contributed by atoms with van der Waals surface area (Å²) < 4.78 is 5.14. The number of hydrogen-bond acceptors (Lipinski definition) is 4. The second kappa shape index (κ2) is 10.3. The number of benzene rings is 2. The minimum absolute atomic E-state index is 0.188. The van der Waals surface area contributed by atoms with E-state index in [9.17, 15) is 14.4 Å². The molecule has 0 aliphatic rings. The summed E-state index contributed by atoms with van der Waals surface area (Å²) in [4.78, 5) is 36.8. The van der Waals surface area contributed by atoms with E-state index < -0.39 is 24.5 Å². The van der Waals surface area contributed by atoms with Gasteiger partial charge in [-0.05, 0) is 30.5 Å². The van der Waals surface area contributed by atoms with E-state index in [-0.39, 0.29) is 17.9 Å². The van der Waals surface area contributed by atoms with Gasteiger partial charge in [-0.15, -0.1) is 0 Å². The number of rotatable bonds is 8. The minimum atomic E-state index is -0.841. The van der Waals surface area contributed by atoms with Crippen LogP contribution in [0.15, 0.2) is 60.7 Å². The van der Waals surface area contributed by atoms with Crippen molar-refractivity contribution in [2.75, 3.05) is 6.61 Å². The number of nitrogens with one attached hydrogen (secondary N) is 2. The van der Waals surface area contributed by atoms with Crippen molar-refractivity contribution in [2.45, 2.75) is 32.9 Å². The van der Waals surface area contributed by atoms with Crippen LogP contribution in [0.25, 0.3) is 0 Å². The molecule has 0 bridgehead atoms. The van der Waals surface area contributed by atoms with Gasteiger partial charge in [0.15, 0.2) is 6.61 Å². The fourth-order valence-corrected chi connectivity index (χ4v) is 2.65. The van der Waals surface area contributed by atoms with Crippen LogP contribution < -0.4 is 10.6 Å². The first-order valence-electron chi connectivity index (χ1n) is 9.25. The monoisotopic (exact) mass is 382 g/mol. The van der Waals surface area contributed by atoms with Crippen LogP contribution in [0.3, 0.4) is 0 Å². The maximum absolute atomic E-state index is 12.4. The van der Waals surface area contributed by atoms with Crippen molar-refractivity contribution in [3.8, 4) is 0 Å². The average Bonchev–Trinajstić information content (AvgIpc) is 2.71. The van der Waals surface area contributed by atoms with Gasteiger partial charge in [0.1, 0.15) is 6.04 Å². The molecule has 28 heavy (non-hydrogen) atoms. The van der Waals surface area contributed by atoms with Crippen LogP contribution in [0, 0.1) is 5.92 Å². The van der Waals surface area contributed by atoms with Gasteiger partial charge in [0.05, 0.1) is 6.04 Å². The van der Waals surface area contributed by atoms with E-state index in [4.69, 9.17) is 4.74 Å². The molecule has 6 heteroatoms. The molecule has 0 spiro atoms. The molecule has 0 heterocycles. The number of hydrogen-bond donors (Lipinski definition) is 2. The minimum Gasteiger partial charge on any atom is -0.454 e. The van der Waals surface area contributed by atoms with Crippen molar-refractivity contribution in [3.63, 3.8) is 0 Å². The van der Waals surface area contributed by atoms with Crippen LogP contribution in [0.5, 0.6) is 0 Å². The number of esters is 1. The number of carbonyl (C=O) groups excluding carboxylic acids is 3. The lowest BCUT2D eigenvalue weighted by atomic mass is 10.0. The van der Waals surface area contributed by atoms with Crippen LogP contribution in [-0.4, -0.2) is 30.4 Å². The first-order valence-corrected chi connectivity index (χ1v) is 9.25. The Balaban J connectivity index is 1.88. The summed E-state index contributed by atoms with van der Waals surface area (Å²) in [5.74, 6) is -1.59. The third kappa shape index (κ3) is 6.23. The Hall–Kier alpha value is -3.15. The highest BCUT2D eigenvalue weighted by Crippen LogP contribution is 2.11. The zero-order valence-corrected chi connectivity index (χ0v) is 16.3. The number of ether oxygens (including phenoxy) is 1. The summed E-state index contributed by atoms with van der Waals surface area (Å²) in [5.41, 5.74) is 1.41. The molecule has 2 aromatic carbocycles. The lowest BCUT2D eigenvalue weighted by molar-refractivity contribution is -0.151. The van der Waals surface area contributed by atoms with Gasteiger partial charge in [0, 0.05) is 5.56 Å². The maximum atomic E-state index is 12.4. The molecule has 0 radical (unpaired) electrons. The molecule has 148 valence electrons. The van der Waals surface area contributed by atoms with E-state index in [0.29, 0.717) is 5.56 Å². The fourth-order valence-electron chi connectivity index (χ4n) is 2.65. The molecule has 0 saturated carbocycles. The van der Waals surface area contributed by atoms with Gasteiger partial charge in [-0.1, -0.05) is 62.4 Å². The van der Waals surface area contributed by atoms with E-state index in [2.05, 4.69) is 10.6 Å². The highest BCUT2D eigenvalue weighted by molar-refractivity contribution is 5.97. The third-order valence-electron chi connectivity index (χ3n) is 4.27. The van der Waals surface area contributed by atoms with Crippen LogP contribution in [0.2, 0.25) is 0 Å². The van der Waals surface area contributed by atoms with Crippen molar-refractivity contribution < 1.29 is 19.1 Å². The molecule has 0 fully saturated rings. The lowest BCUT2D eigenvalue weighted by Gasteiger charge is -2.21. The lowest BCUT2D eigenvalue weighted by Crippen LogP contribution is -2.46. The molecular weight excluding hydrogens is 356 g/mol. The predicted octanol–water partition coefficient (Wildman–Crippen LogP) is 2.86. The molecule has 0 aliphatic heterocycles. The van der Waals surface area contributed by atoms with Gasteiger partial charge >= 0.3 is 5.97 Å². The molecule has 2 rings (SSSR count). The fraction of sp³-hybridized carbons (Fsp3) is 0.318. The average molecular weight is 382 g/mol. The first kappa shape index (κ1) is 21.2. The Labute approximate surface area is 165 Å². The van der Waals surface area contributed by atoms with E-state index >= 15 is 0 Å². The summed E-state index contributed by atoms with van der Waals surface area (Å²) in [6.45, 7) is 5.05. The van der Waals surface area contributed by atoms with Gasteiger partial charge in [-0.2, -0.15) is 0 Å². The Morgan fingerprint density at radius 2 is 1.43 bits per heavy atom. The summed E-state index contributed by atoms with van der Waals surface area (Å²) in [6.07, 6.45) is 0. The zero-order chi connectivity index (χ0) is 20.5. The normalized spacial score (nSPS) is 12.7. The van der Waals surface area contributed by atoms with Crippen LogP contribution >= 0.6 is 0 Å². The predicted molar refractivity (Wildman–Crippen MR) is 106 cm³/mol. The Bertz CT molecular complexity index is 791. The standard InChI is InChI=1S/C22H26N2O4/c1-15(2)20(24-21(26)18-12-8-5-9-13-18)22(27)28-14-19(25)23-16(3)17-10-6-4-7-11-17/h4-13,15-16,20H,14H2,1-3H3,(H,23,25)(H,24,26)/t16-,20-/m1/s1. The molecule has 0 unspecified atom stereocenters.